The molecule has 0 bridgehead atoms. The number of anilines is 1. The molecule has 2 aromatic rings. The number of aromatic nitrogens is 1. The fourth-order valence-corrected chi connectivity index (χ4v) is 2.77. The van der Waals surface area contributed by atoms with Crippen LogP contribution in [-0.2, 0) is 6.42 Å². The zero-order valence-electron chi connectivity index (χ0n) is 10.4. The van der Waals surface area contributed by atoms with Crippen LogP contribution in [-0.4, -0.2) is 10.1 Å². The molecule has 1 aliphatic carbocycles. The van der Waals surface area contributed by atoms with E-state index in [4.69, 9.17) is 5.73 Å². The first-order valence-electron chi connectivity index (χ1n) is 6.33. The van der Waals surface area contributed by atoms with Gasteiger partial charge < -0.3 is 10.8 Å². The molecule has 0 radical (unpaired) electrons. The van der Waals surface area contributed by atoms with Crippen LogP contribution in [0.5, 0.6) is 0 Å². The summed E-state index contributed by atoms with van der Waals surface area (Å²) in [6.45, 7) is 0. The van der Waals surface area contributed by atoms with Gasteiger partial charge in [0.2, 0.25) is 0 Å². The lowest BCUT2D eigenvalue weighted by Gasteiger charge is -2.20. The maximum Gasteiger partial charge on any atom is 0.123 e. The highest BCUT2D eigenvalue weighted by Gasteiger charge is 2.31. The smallest absolute Gasteiger partial charge is 0.123 e. The van der Waals surface area contributed by atoms with Crippen molar-refractivity contribution < 1.29 is 9.50 Å². The molecule has 3 rings (SSSR count). The average Bonchev–Trinajstić information content (AvgIpc) is 2.84. The number of nitrogens with zero attached hydrogens (tertiary/aromatic N) is 1. The van der Waals surface area contributed by atoms with Gasteiger partial charge in [0.1, 0.15) is 5.82 Å². The number of fused-ring (bicyclic) bond motifs is 1. The van der Waals surface area contributed by atoms with Gasteiger partial charge in [0.15, 0.2) is 0 Å². The molecule has 19 heavy (non-hydrogen) atoms. The van der Waals surface area contributed by atoms with Crippen molar-refractivity contribution in [2.24, 2.45) is 0 Å². The lowest BCUT2D eigenvalue weighted by molar-refractivity contribution is 0.143. The quantitative estimate of drug-likeness (QED) is 0.814. The summed E-state index contributed by atoms with van der Waals surface area (Å²) in [7, 11) is 0. The van der Waals surface area contributed by atoms with E-state index in [-0.39, 0.29) is 11.7 Å². The second kappa shape index (κ2) is 4.63. The summed E-state index contributed by atoms with van der Waals surface area (Å²) in [5.74, 6) is -0.497. The molecule has 1 aromatic heterocycles. The Labute approximate surface area is 110 Å². The van der Waals surface area contributed by atoms with Crippen LogP contribution >= 0.6 is 0 Å². The van der Waals surface area contributed by atoms with E-state index < -0.39 is 6.10 Å². The summed E-state index contributed by atoms with van der Waals surface area (Å²) < 4.78 is 13.3. The highest BCUT2D eigenvalue weighted by Crippen LogP contribution is 2.41. The van der Waals surface area contributed by atoms with Gasteiger partial charge in [0.05, 0.1) is 6.10 Å². The van der Waals surface area contributed by atoms with E-state index in [1.165, 1.54) is 18.2 Å². The molecule has 3 N–H and O–H groups in total. The van der Waals surface area contributed by atoms with Crippen LogP contribution in [0, 0.1) is 5.82 Å². The molecule has 2 atom stereocenters. The molecule has 0 saturated carbocycles. The Bertz CT molecular complexity index is 615. The van der Waals surface area contributed by atoms with Crippen molar-refractivity contribution in [2.45, 2.75) is 24.9 Å². The van der Waals surface area contributed by atoms with Crippen LogP contribution < -0.4 is 5.73 Å². The molecule has 2 unspecified atom stereocenters. The number of nitrogen functional groups attached to an aromatic ring is 1. The highest BCUT2D eigenvalue weighted by atomic mass is 19.1. The second-order valence-corrected chi connectivity index (χ2v) is 4.91. The highest BCUT2D eigenvalue weighted by molar-refractivity contribution is 5.49. The Balaban J connectivity index is 1.97. The molecular weight excluding hydrogens is 243 g/mol. The third-order valence-electron chi connectivity index (χ3n) is 3.75. The zero-order valence-corrected chi connectivity index (χ0v) is 10.4. The number of hydrogen-bond acceptors (Lipinski definition) is 3. The van der Waals surface area contributed by atoms with E-state index in [1.807, 2.05) is 12.1 Å². The molecule has 0 fully saturated rings. The van der Waals surface area contributed by atoms with Crippen molar-refractivity contribution in [1.29, 1.82) is 0 Å². The second-order valence-electron chi connectivity index (χ2n) is 4.91. The minimum Gasteiger partial charge on any atom is -0.398 e. The molecule has 0 aliphatic heterocycles. The first kappa shape index (κ1) is 12.1. The summed E-state index contributed by atoms with van der Waals surface area (Å²) >= 11 is 0. The molecule has 0 spiro atoms. The van der Waals surface area contributed by atoms with Gasteiger partial charge in [-0.1, -0.05) is 6.07 Å². The topological polar surface area (TPSA) is 59.1 Å². The van der Waals surface area contributed by atoms with Crippen molar-refractivity contribution >= 4 is 5.69 Å². The summed E-state index contributed by atoms with van der Waals surface area (Å²) in [5.41, 5.74) is 8.75. The predicted molar refractivity (Wildman–Crippen MR) is 71.1 cm³/mol. The number of pyridine rings is 1. The Kier molecular flexibility index (Phi) is 2.95. The minimum absolute atomic E-state index is 0.111. The van der Waals surface area contributed by atoms with Gasteiger partial charge in [-0.15, -0.1) is 0 Å². The van der Waals surface area contributed by atoms with Crippen LogP contribution in [0.2, 0.25) is 0 Å². The molecule has 0 amide bonds. The standard InChI is InChI=1S/C15H15FN2O/c16-10-4-6-13(17)12(8-10)15(19)11-5-3-9-2-1-7-18-14(9)11/h1-2,4,6-8,11,15,19H,3,5,17H2. The van der Waals surface area contributed by atoms with Gasteiger partial charge in [0, 0.05) is 29.1 Å². The predicted octanol–water partition coefficient (Wildman–Crippen LogP) is 2.57. The van der Waals surface area contributed by atoms with Gasteiger partial charge in [-0.3, -0.25) is 4.98 Å². The number of hydrogen-bond donors (Lipinski definition) is 2. The first-order chi connectivity index (χ1) is 9.16. The van der Waals surface area contributed by atoms with E-state index in [0.717, 1.165) is 24.1 Å². The van der Waals surface area contributed by atoms with Crippen molar-refractivity contribution in [3.8, 4) is 0 Å². The molecule has 1 aromatic carbocycles. The summed E-state index contributed by atoms with van der Waals surface area (Å²) in [6.07, 6.45) is 2.61. The van der Waals surface area contributed by atoms with Crippen LogP contribution in [0.3, 0.4) is 0 Å². The number of aliphatic hydroxyl groups is 1. The number of aliphatic hydroxyl groups excluding tert-OH is 1. The SMILES string of the molecule is Nc1ccc(F)cc1C(O)C1CCc2cccnc21. The summed E-state index contributed by atoms with van der Waals surface area (Å²) in [5, 5.41) is 10.5. The number of nitrogens with two attached hydrogens (primary N) is 1. The average molecular weight is 258 g/mol. The summed E-state index contributed by atoms with van der Waals surface area (Å²) in [4.78, 5) is 4.34. The number of halogens is 1. The zero-order chi connectivity index (χ0) is 13.4. The van der Waals surface area contributed by atoms with Gasteiger partial charge in [0.25, 0.3) is 0 Å². The van der Waals surface area contributed by atoms with Crippen molar-refractivity contribution in [3.05, 3.63) is 59.2 Å². The Hall–Kier alpha value is -1.94. The first-order valence-corrected chi connectivity index (χ1v) is 6.33. The van der Waals surface area contributed by atoms with Crippen molar-refractivity contribution in [2.75, 3.05) is 5.73 Å². The van der Waals surface area contributed by atoms with Gasteiger partial charge in [-0.05, 0) is 42.7 Å². The molecule has 1 aliphatic rings. The Morgan fingerprint density at radius 1 is 1.37 bits per heavy atom. The summed E-state index contributed by atoms with van der Waals surface area (Å²) in [6, 6.07) is 8.00. The fraction of sp³-hybridized carbons (Fsp3) is 0.267. The van der Waals surface area contributed by atoms with E-state index in [0.29, 0.717) is 11.3 Å². The van der Waals surface area contributed by atoms with Crippen LogP contribution in [0.1, 0.15) is 35.3 Å². The van der Waals surface area contributed by atoms with Gasteiger partial charge >= 0.3 is 0 Å². The fourth-order valence-electron chi connectivity index (χ4n) is 2.77. The van der Waals surface area contributed by atoms with E-state index in [1.54, 1.807) is 6.20 Å². The maximum absolute atomic E-state index is 13.3. The molecule has 1 heterocycles. The lowest BCUT2D eigenvalue weighted by atomic mass is 9.92. The van der Waals surface area contributed by atoms with E-state index >= 15 is 0 Å². The van der Waals surface area contributed by atoms with Crippen molar-refractivity contribution in [3.63, 3.8) is 0 Å². The Morgan fingerprint density at radius 2 is 2.21 bits per heavy atom. The van der Waals surface area contributed by atoms with E-state index in [9.17, 15) is 9.50 Å². The maximum atomic E-state index is 13.3. The van der Waals surface area contributed by atoms with Crippen LogP contribution in [0.4, 0.5) is 10.1 Å². The van der Waals surface area contributed by atoms with Gasteiger partial charge in [-0.2, -0.15) is 0 Å². The minimum atomic E-state index is -0.813. The number of aryl methyl sites for hydroxylation is 1. The molecule has 3 nitrogen and oxygen atoms in total. The Morgan fingerprint density at radius 3 is 3.05 bits per heavy atom. The molecule has 0 saturated heterocycles. The third-order valence-corrected chi connectivity index (χ3v) is 3.75. The lowest BCUT2D eigenvalue weighted by Crippen LogP contribution is -2.11. The van der Waals surface area contributed by atoms with Gasteiger partial charge in [-0.25, -0.2) is 4.39 Å². The number of benzene rings is 1. The number of rotatable bonds is 2. The van der Waals surface area contributed by atoms with Crippen LogP contribution in [0.25, 0.3) is 0 Å². The normalized spacial score (nSPS) is 19.2. The molecule has 98 valence electrons. The molecule has 4 heteroatoms. The third kappa shape index (κ3) is 2.08. The van der Waals surface area contributed by atoms with E-state index in [2.05, 4.69) is 4.98 Å². The largest absolute Gasteiger partial charge is 0.398 e. The molecular formula is C15H15FN2O. The van der Waals surface area contributed by atoms with Crippen molar-refractivity contribution in [1.82, 2.24) is 4.98 Å². The monoisotopic (exact) mass is 258 g/mol. The van der Waals surface area contributed by atoms with Crippen LogP contribution in [0.15, 0.2) is 36.5 Å².